The smallest absolute Gasteiger partial charge is 0.293 e. The van der Waals surface area contributed by atoms with E-state index in [-0.39, 0.29) is 5.76 Å². The standard InChI is InChI=1S/C18H9Cl3N2O2S/c19-9-4-5-10(12(21)8-9)13-6-7-14(25-13)17(24)23-18-22-16-11(20)2-1-3-15(16)26-18/h1-8H,(H,22,23,24). The van der Waals surface area contributed by atoms with Crippen LogP contribution in [0.4, 0.5) is 5.13 Å². The lowest BCUT2D eigenvalue weighted by Gasteiger charge is -2.01. The number of fused-ring (bicyclic) bond motifs is 1. The first kappa shape index (κ1) is 17.4. The van der Waals surface area contributed by atoms with E-state index < -0.39 is 5.91 Å². The number of para-hydroxylation sites is 1. The molecule has 2 aromatic heterocycles. The molecule has 2 heterocycles. The average molecular weight is 424 g/mol. The highest BCUT2D eigenvalue weighted by Crippen LogP contribution is 2.33. The lowest BCUT2D eigenvalue weighted by atomic mass is 10.2. The number of thiazole rings is 1. The maximum absolute atomic E-state index is 12.4. The molecular weight excluding hydrogens is 415 g/mol. The molecule has 0 aliphatic heterocycles. The fourth-order valence-electron chi connectivity index (χ4n) is 2.42. The van der Waals surface area contributed by atoms with Crippen LogP contribution in [0.3, 0.4) is 0 Å². The van der Waals surface area contributed by atoms with E-state index in [1.807, 2.05) is 12.1 Å². The Labute approximate surface area is 167 Å². The topological polar surface area (TPSA) is 55.1 Å². The summed E-state index contributed by atoms with van der Waals surface area (Å²) in [5.74, 6) is 0.219. The SMILES string of the molecule is O=C(Nc1nc2c(Cl)cccc2s1)c1ccc(-c2ccc(Cl)cc2Cl)o1. The van der Waals surface area contributed by atoms with Gasteiger partial charge < -0.3 is 4.42 Å². The van der Waals surface area contributed by atoms with Crippen LogP contribution < -0.4 is 5.32 Å². The van der Waals surface area contributed by atoms with Crippen LogP contribution in [0.1, 0.15) is 10.6 Å². The van der Waals surface area contributed by atoms with Gasteiger partial charge in [-0.3, -0.25) is 10.1 Å². The molecule has 1 amide bonds. The fraction of sp³-hybridized carbons (Fsp3) is 0. The van der Waals surface area contributed by atoms with Gasteiger partial charge in [-0.25, -0.2) is 4.98 Å². The van der Waals surface area contributed by atoms with Crippen molar-refractivity contribution in [2.24, 2.45) is 0 Å². The summed E-state index contributed by atoms with van der Waals surface area (Å²) in [6, 6.07) is 13.8. The van der Waals surface area contributed by atoms with Gasteiger partial charge in [0.15, 0.2) is 10.9 Å². The summed E-state index contributed by atoms with van der Waals surface area (Å²) in [5.41, 5.74) is 1.31. The maximum Gasteiger partial charge on any atom is 0.293 e. The van der Waals surface area contributed by atoms with E-state index in [2.05, 4.69) is 10.3 Å². The summed E-state index contributed by atoms with van der Waals surface area (Å²) >= 11 is 19.5. The Morgan fingerprint density at radius 1 is 1.04 bits per heavy atom. The minimum atomic E-state index is -0.406. The van der Waals surface area contributed by atoms with Gasteiger partial charge in [0, 0.05) is 10.6 Å². The number of halogens is 3. The van der Waals surface area contributed by atoms with Crippen LogP contribution in [-0.2, 0) is 0 Å². The Kier molecular flexibility index (Phi) is 4.63. The Morgan fingerprint density at radius 3 is 2.65 bits per heavy atom. The molecule has 0 radical (unpaired) electrons. The first-order valence-electron chi connectivity index (χ1n) is 7.43. The molecule has 0 bridgehead atoms. The van der Waals surface area contributed by atoms with Gasteiger partial charge in [0.2, 0.25) is 0 Å². The van der Waals surface area contributed by atoms with Crippen LogP contribution in [0.2, 0.25) is 15.1 Å². The van der Waals surface area contributed by atoms with Gasteiger partial charge in [0.25, 0.3) is 5.91 Å². The molecule has 2 aromatic carbocycles. The highest BCUT2D eigenvalue weighted by Gasteiger charge is 2.16. The van der Waals surface area contributed by atoms with Crippen LogP contribution in [0.25, 0.3) is 21.5 Å². The lowest BCUT2D eigenvalue weighted by molar-refractivity contribution is 0.0997. The summed E-state index contributed by atoms with van der Waals surface area (Å²) in [6.45, 7) is 0. The summed E-state index contributed by atoms with van der Waals surface area (Å²) in [6.07, 6.45) is 0. The van der Waals surface area contributed by atoms with Crippen LogP contribution in [0.15, 0.2) is 52.9 Å². The number of nitrogens with zero attached hydrogens (tertiary/aromatic N) is 1. The van der Waals surface area contributed by atoms with Crippen LogP contribution in [0, 0.1) is 0 Å². The fourth-order valence-corrected chi connectivity index (χ4v) is 4.08. The Morgan fingerprint density at radius 2 is 1.88 bits per heavy atom. The zero-order chi connectivity index (χ0) is 18.3. The quantitative estimate of drug-likeness (QED) is 0.395. The number of hydrogen-bond acceptors (Lipinski definition) is 4. The second-order valence-corrected chi connectivity index (χ2v) is 7.63. The molecular formula is C18H9Cl3N2O2S. The van der Waals surface area contributed by atoms with E-state index in [0.29, 0.717) is 37.0 Å². The van der Waals surface area contributed by atoms with Crippen molar-refractivity contribution in [2.75, 3.05) is 5.32 Å². The first-order chi connectivity index (χ1) is 12.5. The molecule has 4 aromatic rings. The van der Waals surface area contributed by atoms with E-state index in [1.54, 1.807) is 36.4 Å². The molecule has 8 heteroatoms. The Hall–Kier alpha value is -2.05. The minimum absolute atomic E-state index is 0.149. The van der Waals surface area contributed by atoms with E-state index in [1.165, 1.54) is 11.3 Å². The Bertz CT molecular complexity index is 1140. The molecule has 0 spiro atoms. The normalized spacial score (nSPS) is 11.0. The van der Waals surface area contributed by atoms with Crippen molar-refractivity contribution in [2.45, 2.75) is 0 Å². The molecule has 4 nitrogen and oxygen atoms in total. The number of furan rings is 1. The van der Waals surface area contributed by atoms with Crippen LogP contribution in [-0.4, -0.2) is 10.9 Å². The van der Waals surface area contributed by atoms with Crippen molar-refractivity contribution in [3.05, 3.63) is 69.4 Å². The molecule has 0 saturated carbocycles. The molecule has 1 N–H and O–H groups in total. The molecule has 4 rings (SSSR count). The molecule has 0 fully saturated rings. The van der Waals surface area contributed by atoms with E-state index in [4.69, 9.17) is 39.2 Å². The summed E-state index contributed by atoms with van der Waals surface area (Å²) in [7, 11) is 0. The van der Waals surface area contributed by atoms with Crippen molar-refractivity contribution in [1.82, 2.24) is 4.98 Å². The van der Waals surface area contributed by atoms with E-state index in [9.17, 15) is 4.79 Å². The Balaban J connectivity index is 1.58. The number of carbonyl (C=O) groups is 1. The number of rotatable bonds is 3. The van der Waals surface area contributed by atoms with Gasteiger partial charge in [-0.1, -0.05) is 52.2 Å². The van der Waals surface area contributed by atoms with Crippen molar-refractivity contribution in [3.8, 4) is 11.3 Å². The lowest BCUT2D eigenvalue weighted by Crippen LogP contribution is -2.10. The third kappa shape index (κ3) is 3.31. The predicted octanol–water partition coefficient (Wildman–Crippen LogP) is 6.77. The summed E-state index contributed by atoms with van der Waals surface area (Å²) < 4.78 is 6.52. The number of hydrogen-bond donors (Lipinski definition) is 1. The van der Waals surface area contributed by atoms with Crippen molar-refractivity contribution in [1.29, 1.82) is 0 Å². The van der Waals surface area contributed by atoms with Crippen LogP contribution in [0.5, 0.6) is 0 Å². The van der Waals surface area contributed by atoms with Gasteiger partial charge >= 0.3 is 0 Å². The second-order valence-electron chi connectivity index (χ2n) is 5.35. The third-order valence-electron chi connectivity index (χ3n) is 3.62. The molecule has 0 unspecified atom stereocenters. The molecule has 26 heavy (non-hydrogen) atoms. The van der Waals surface area contributed by atoms with Gasteiger partial charge in [-0.2, -0.15) is 0 Å². The van der Waals surface area contributed by atoms with Gasteiger partial charge in [0.05, 0.1) is 14.7 Å². The van der Waals surface area contributed by atoms with Crippen LogP contribution >= 0.6 is 46.1 Å². The maximum atomic E-state index is 12.4. The van der Waals surface area contributed by atoms with Gasteiger partial charge in [0.1, 0.15) is 11.3 Å². The zero-order valence-electron chi connectivity index (χ0n) is 12.9. The number of amides is 1. The third-order valence-corrected chi connectivity index (χ3v) is 5.41. The van der Waals surface area contributed by atoms with Gasteiger partial charge in [-0.15, -0.1) is 0 Å². The number of nitrogens with one attached hydrogen (secondary N) is 1. The first-order valence-corrected chi connectivity index (χ1v) is 9.38. The molecule has 0 aliphatic carbocycles. The highest BCUT2D eigenvalue weighted by atomic mass is 35.5. The van der Waals surface area contributed by atoms with Crippen molar-refractivity contribution in [3.63, 3.8) is 0 Å². The van der Waals surface area contributed by atoms with E-state index >= 15 is 0 Å². The average Bonchev–Trinajstić information content (AvgIpc) is 3.22. The summed E-state index contributed by atoms with van der Waals surface area (Å²) in [5, 5.41) is 4.68. The minimum Gasteiger partial charge on any atom is -0.451 e. The number of anilines is 1. The number of aromatic nitrogens is 1. The summed E-state index contributed by atoms with van der Waals surface area (Å²) in [4.78, 5) is 16.8. The van der Waals surface area contributed by atoms with Crippen molar-refractivity contribution < 1.29 is 9.21 Å². The zero-order valence-corrected chi connectivity index (χ0v) is 16.0. The van der Waals surface area contributed by atoms with Crippen molar-refractivity contribution >= 4 is 67.4 Å². The predicted molar refractivity (Wildman–Crippen MR) is 107 cm³/mol. The monoisotopic (exact) mass is 422 g/mol. The van der Waals surface area contributed by atoms with Gasteiger partial charge in [-0.05, 0) is 42.5 Å². The second kappa shape index (κ2) is 6.93. The largest absolute Gasteiger partial charge is 0.451 e. The molecule has 0 aliphatic rings. The van der Waals surface area contributed by atoms with E-state index in [0.717, 1.165) is 4.70 Å². The molecule has 0 atom stereocenters. The highest BCUT2D eigenvalue weighted by molar-refractivity contribution is 7.22. The molecule has 130 valence electrons. The number of benzene rings is 2. The molecule has 0 saturated heterocycles. The number of carbonyl (C=O) groups excluding carboxylic acids is 1.